The number of hydrogen-bond acceptors (Lipinski definition) is 0. The second-order valence-corrected chi connectivity index (χ2v) is 5.69. The summed E-state index contributed by atoms with van der Waals surface area (Å²) < 4.78 is 0. The van der Waals surface area contributed by atoms with Crippen LogP contribution in [-0.4, -0.2) is 49.6 Å². The van der Waals surface area contributed by atoms with Gasteiger partial charge in [-0.3, -0.25) is 0 Å². The second-order valence-electron chi connectivity index (χ2n) is 2.67. The standard InChI is InChI=1S/C6H6Cl6.Al.Na.4H/c7-1-2(8)4(10)6(12)5(11)3(1)9;;;;;;/h1-6H;;;;;;/q;;+1;;;;-1. The summed E-state index contributed by atoms with van der Waals surface area (Å²) >= 11 is 35.3. The molecule has 0 aromatic carbocycles. The Kier molecular flexibility index (Phi) is 11.7. The molecule has 0 aliphatic heterocycles. The summed E-state index contributed by atoms with van der Waals surface area (Å²) in [6, 6.07) is 0. The number of halogens is 6. The van der Waals surface area contributed by atoms with E-state index in [1.807, 2.05) is 0 Å². The molecule has 0 amide bonds. The van der Waals surface area contributed by atoms with Crippen LogP contribution in [0.2, 0.25) is 0 Å². The maximum absolute atomic E-state index is 5.88. The first-order valence-corrected chi connectivity index (χ1v) is 5.93. The van der Waals surface area contributed by atoms with Crippen LogP contribution in [0.15, 0.2) is 0 Å². The van der Waals surface area contributed by atoms with Gasteiger partial charge < -0.3 is 1.43 Å². The third-order valence-corrected chi connectivity index (χ3v) is 5.86. The maximum atomic E-state index is 5.88. The molecule has 14 heavy (non-hydrogen) atoms. The third kappa shape index (κ3) is 4.18. The van der Waals surface area contributed by atoms with Gasteiger partial charge in [-0.2, -0.15) is 0 Å². The molecular weight excluding hydrogens is 335 g/mol. The van der Waals surface area contributed by atoms with Crippen molar-refractivity contribution in [3.63, 3.8) is 0 Å². The topological polar surface area (TPSA) is 0 Å². The van der Waals surface area contributed by atoms with Gasteiger partial charge in [0.25, 0.3) is 0 Å². The van der Waals surface area contributed by atoms with Crippen molar-refractivity contribution in [2.75, 3.05) is 0 Å². The Hall–Kier alpha value is 3.27. The van der Waals surface area contributed by atoms with E-state index in [9.17, 15) is 0 Å². The summed E-state index contributed by atoms with van der Waals surface area (Å²) in [6.45, 7) is 0. The third-order valence-electron chi connectivity index (χ3n) is 1.83. The van der Waals surface area contributed by atoms with Crippen LogP contribution in [-0.2, 0) is 0 Å². The molecule has 0 aromatic rings. The van der Waals surface area contributed by atoms with Gasteiger partial charge in [-0.1, -0.05) is 0 Å². The van der Waals surface area contributed by atoms with Crippen molar-refractivity contribution < 1.29 is 31.0 Å². The van der Waals surface area contributed by atoms with Gasteiger partial charge in [0.1, 0.15) is 0 Å². The van der Waals surface area contributed by atoms with E-state index in [0.29, 0.717) is 0 Å². The number of hydrogen-bond donors (Lipinski definition) is 0. The van der Waals surface area contributed by atoms with Crippen molar-refractivity contribution in [2.45, 2.75) is 32.3 Å². The molecule has 1 saturated carbocycles. The first kappa shape index (κ1) is 19.6. The van der Waals surface area contributed by atoms with Crippen LogP contribution in [0.5, 0.6) is 0 Å². The van der Waals surface area contributed by atoms with Gasteiger partial charge in [-0.15, -0.1) is 69.6 Å². The molecule has 0 radical (unpaired) electrons. The normalized spacial score (nSPS) is 47.6. The first-order valence-electron chi connectivity index (χ1n) is 3.31. The van der Waals surface area contributed by atoms with Gasteiger partial charge in [-0.25, -0.2) is 0 Å². The van der Waals surface area contributed by atoms with Gasteiger partial charge in [0.2, 0.25) is 0 Å². The summed E-state index contributed by atoms with van der Waals surface area (Å²) in [5.41, 5.74) is 0. The molecule has 0 atom stereocenters. The van der Waals surface area contributed by atoms with Crippen molar-refractivity contribution in [2.24, 2.45) is 0 Å². The van der Waals surface area contributed by atoms with Crippen molar-refractivity contribution in [3.05, 3.63) is 0 Å². The van der Waals surface area contributed by atoms with Gasteiger partial charge in [0, 0.05) is 0 Å². The van der Waals surface area contributed by atoms with Gasteiger partial charge >= 0.3 is 29.6 Å². The minimum atomic E-state index is -0.437. The largest absolute Gasteiger partial charge is 1.00 e. The van der Waals surface area contributed by atoms with Crippen LogP contribution in [0.4, 0.5) is 0 Å². The van der Waals surface area contributed by atoms with E-state index in [4.69, 9.17) is 69.6 Å². The molecule has 0 aromatic heterocycles. The quantitative estimate of drug-likeness (QED) is 0.413. The van der Waals surface area contributed by atoms with Crippen LogP contribution < -0.4 is 29.6 Å². The fourth-order valence-corrected chi connectivity index (χ4v) is 3.38. The van der Waals surface area contributed by atoms with Crippen molar-refractivity contribution in [1.82, 2.24) is 0 Å². The van der Waals surface area contributed by atoms with E-state index in [-0.39, 0.29) is 48.3 Å². The number of alkyl halides is 6. The van der Waals surface area contributed by atoms with Crippen LogP contribution in [0.3, 0.4) is 0 Å². The van der Waals surface area contributed by atoms with E-state index in [2.05, 4.69) is 0 Å². The van der Waals surface area contributed by atoms with E-state index in [1.54, 1.807) is 0 Å². The molecular formula is C6H10AlCl6Na. The maximum Gasteiger partial charge on any atom is 1.00 e. The van der Waals surface area contributed by atoms with Gasteiger partial charge in [-0.05, 0) is 0 Å². The molecule has 0 heterocycles. The molecule has 0 saturated heterocycles. The molecule has 1 fully saturated rings. The fraction of sp³-hybridized carbons (Fsp3) is 1.00. The Bertz CT molecular complexity index is 119. The first-order chi connectivity index (χ1) is 5.46. The zero-order chi connectivity index (χ0) is 9.46. The van der Waals surface area contributed by atoms with E-state index in [1.165, 1.54) is 0 Å². The minimum absolute atomic E-state index is 0. The molecule has 0 nitrogen and oxygen atoms in total. The zero-order valence-corrected chi connectivity index (χ0v) is 13.3. The molecule has 1 aliphatic rings. The molecule has 0 bridgehead atoms. The Morgan fingerprint density at radius 1 is 0.500 bits per heavy atom. The summed E-state index contributed by atoms with van der Waals surface area (Å²) in [7, 11) is 0. The second kappa shape index (κ2) is 8.39. The van der Waals surface area contributed by atoms with Crippen LogP contribution in [0.1, 0.15) is 1.43 Å². The van der Waals surface area contributed by atoms with Crippen LogP contribution in [0, 0.1) is 0 Å². The molecule has 0 spiro atoms. The van der Waals surface area contributed by atoms with E-state index >= 15 is 0 Å². The molecule has 80 valence electrons. The predicted molar refractivity (Wildman–Crippen MR) is 68.9 cm³/mol. The Morgan fingerprint density at radius 3 is 0.643 bits per heavy atom. The monoisotopic (exact) mass is 342 g/mol. The predicted octanol–water partition coefficient (Wildman–Crippen LogP) is -0.423. The summed E-state index contributed by atoms with van der Waals surface area (Å²) in [5.74, 6) is 0. The minimum Gasteiger partial charge on any atom is -1.00 e. The molecule has 0 unspecified atom stereocenters. The number of rotatable bonds is 0. The van der Waals surface area contributed by atoms with Crippen molar-refractivity contribution >= 4 is 87.0 Å². The average Bonchev–Trinajstić information content (AvgIpc) is 2.08. The van der Waals surface area contributed by atoms with Crippen molar-refractivity contribution in [3.8, 4) is 0 Å². The van der Waals surface area contributed by atoms with Crippen LogP contribution >= 0.6 is 69.6 Å². The van der Waals surface area contributed by atoms with E-state index in [0.717, 1.165) is 0 Å². The van der Waals surface area contributed by atoms with Gasteiger partial charge in [0.05, 0.1) is 32.3 Å². The SMILES string of the molecule is ClC1C(Cl)C(Cl)C(Cl)C(Cl)C1Cl.[AlH3].[H-].[Na+]. The van der Waals surface area contributed by atoms with Crippen LogP contribution in [0.25, 0.3) is 0 Å². The Balaban J connectivity index is -0.000000480. The summed E-state index contributed by atoms with van der Waals surface area (Å²) in [5, 5.41) is -2.62. The van der Waals surface area contributed by atoms with E-state index < -0.39 is 32.3 Å². The Labute approximate surface area is 148 Å². The fourth-order valence-electron chi connectivity index (χ4n) is 1.05. The smallest absolute Gasteiger partial charge is 1.00 e. The molecule has 1 rings (SSSR count). The van der Waals surface area contributed by atoms with Crippen molar-refractivity contribution in [1.29, 1.82) is 0 Å². The van der Waals surface area contributed by atoms with Gasteiger partial charge in [0.15, 0.2) is 17.4 Å². The summed E-state index contributed by atoms with van der Waals surface area (Å²) in [6.07, 6.45) is 0. The average molecular weight is 345 g/mol. The molecule has 1 aliphatic carbocycles. The molecule has 0 N–H and O–H groups in total. The zero-order valence-electron chi connectivity index (χ0n) is 7.73. The summed E-state index contributed by atoms with van der Waals surface area (Å²) in [4.78, 5) is 0. The Morgan fingerprint density at radius 2 is 0.571 bits per heavy atom. The molecule has 8 heteroatoms.